The molecule has 0 spiro atoms. The highest BCUT2D eigenvalue weighted by Gasteiger charge is 2.47. The first-order valence-electron chi connectivity index (χ1n) is 15.3. The monoisotopic (exact) mass is 796 g/mol. The fourth-order valence-electron chi connectivity index (χ4n) is 5.39. The number of hydrogen-bond acceptors (Lipinski definition) is 21. The fourth-order valence-corrected chi connectivity index (χ4v) is 6.82. The molecule has 6 rings (SSSR count). The number of aliphatic hydroxyl groups is 4. The molecule has 2 fully saturated rings. The maximum atomic E-state index is 12.3. The summed E-state index contributed by atoms with van der Waals surface area (Å²) < 4.78 is 62.6. The lowest BCUT2D eigenvalue weighted by atomic mass is 10.1. The third kappa shape index (κ3) is 8.49. The molecule has 0 radical (unpaired) electrons. The van der Waals surface area contributed by atoms with Crippen molar-refractivity contribution < 1.29 is 71.6 Å². The summed E-state index contributed by atoms with van der Waals surface area (Å²) in [7, 11) is -9.47. The van der Waals surface area contributed by atoms with Crippen LogP contribution in [0.2, 0.25) is 0 Å². The first kappa shape index (κ1) is 38.9. The van der Waals surface area contributed by atoms with E-state index < -0.39 is 102 Å². The Bertz CT molecular complexity index is 2000. The van der Waals surface area contributed by atoms with E-state index in [-0.39, 0.29) is 47.4 Å². The number of imidazole rings is 2. The molecule has 292 valence electrons. The standard InChI is InChI=1S/C24H34N10O17P2/c25-23-29-17-11(19(39)31-23)27-7-33(17)21-15(37)13(35)9(50-21)5-48-52(41,42)46-3-1-45-2-4-47-53(43,44)49-6-10-14(36)16(38)22(51-10)34-8-28-12-18(34)30-24(26)32-20(12)40/h7-10,13-16,21-22,35-38H,1-6H2,(H,41,42)(H,43,44)(H3,25,29,31,39)(H3,26,30,32,40)/t9-,10+,13?,14?,15+,16-,21-,22+. The molecule has 0 aliphatic carbocycles. The van der Waals surface area contributed by atoms with Gasteiger partial charge in [-0.15, -0.1) is 0 Å². The lowest BCUT2D eigenvalue weighted by Crippen LogP contribution is -2.33. The van der Waals surface area contributed by atoms with Crippen LogP contribution in [0.3, 0.4) is 0 Å². The zero-order chi connectivity index (χ0) is 38.2. The Balaban J connectivity index is 0.884. The summed E-state index contributed by atoms with van der Waals surface area (Å²) in [6.45, 7) is -3.02. The number of aromatic amines is 2. The predicted octanol–water partition coefficient (Wildman–Crippen LogP) is -4.06. The molecule has 4 aromatic heterocycles. The number of anilines is 2. The molecule has 0 saturated carbocycles. The predicted molar refractivity (Wildman–Crippen MR) is 171 cm³/mol. The van der Waals surface area contributed by atoms with Crippen LogP contribution in [0.5, 0.6) is 0 Å². The quantitative estimate of drug-likeness (QED) is 0.0381. The highest BCUT2D eigenvalue weighted by molar-refractivity contribution is 7.47. The Kier molecular flexibility index (Phi) is 11.4. The van der Waals surface area contributed by atoms with Crippen LogP contribution in [-0.4, -0.2) is 146 Å². The largest absolute Gasteiger partial charge is 0.472 e. The smallest absolute Gasteiger partial charge is 0.387 e. The molecule has 4 unspecified atom stereocenters. The van der Waals surface area contributed by atoms with Crippen molar-refractivity contribution in [2.75, 3.05) is 51.1 Å². The van der Waals surface area contributed by atoms with Crippen molar-refractivity contribution in [3.8, 4) is 0 Å². The second-order valence-corrected chi connectivity index (χ2v) is 14.4. The summed E-state index contributed by atoms with van der Waals surface area (Å²) in [4.78, 5) is 64.3. The number of nitrogens with zero attached hydrogens (tertiary/aromatic N) is 6. The number of aromatic nitrogens is 8. The number of aliphatic hydroxyl groups excluding tert-OH is 4. The zero-order valence-electron chi connectivity index (χ0n) is 26.9. The number of rotatable bonds is 16. The molecule has 27 nitrogen and oxygen atoms in total. The Morgan fingerprint density at radius 1 is 0.679 bits per heavy atom. The van der Waals surface area contributed by atoms with Gasteiger partial charge in [-0.2, -0.15) is 9.97 Å². The number of nitrogens with one attached hydrogen (secondary N) is 2. The summed E-state index contributed by atoms with van der Waals surface area (Å²) in [5.74, 6) is -0.460. The van der Waals surface area contributed by atoms with Gasteiger partial charge in [0.2, 0.25) is 11.9 Å². The first-order chi connectivity index (χ1) is 25.0. The second-order valence-electron chi connectivity index (χ2n) is 11.5. The maximum Gasteiger partial charge on any atom is 0.472 e. The van der Waals surface area contributed by atoms with Gasteiger partial charge in [-0.1, -0.05) is 0 Å². The fraction of sp³-hybridized carbons (Fsp3) is 0.583. The van der Waals surface area contributed by atoms with Gasteiger partial charge in [-0.05, 0) is 0 Å². The van der Waals surface area contributed by atoms with Gasteiger partial charge in [0.25, 0.3) is 11.1 Å². The molecule has 0 aromatic carbocycles. The van der Waals surface area contributed by atoms with E-state index in [9.17, 15) is 48.9 Å². The van der Waals surface area contributed by atoms with Crippen LogP contribution in [0.1, 0.15) is 12.5 Å². The van der Waals surface area contributed by atoms with E-state index in [1.54, 1.807) is 0 Å². The van der Waals surface area contributed by atoms with E-state index in [1.165, 1.54) is 0 Å². The first-order valence-corrected chi connectivity index (χ1v) is 18.3. The van der Waals surface area contributed by atoms with Crippen molar-refractivity contribution in [1.29, 1.82) is 0 Å². The van der Waals surface area contributed by atoms with E-state index >= 15 is 0 Å². The maximum absolute atomic E-state index is 12.3. The minimum absolute atomic E-state index is 0.0420. The van der Waals surface area contributed by atoms with Crippen LogP contribution in [0.25, 0.3) is 22.3 Å². The van der Waals surface area contributed by atoms with Gasteiger partial charge >= 0.3 is 15.6 Å². The summed E-state index contributed by atoms with van der Waals surface area (Å²) in [6.07, 6.45) is -9.35. The van der Waals surface area contributed by atoms with Crippen LogP contribution >= 0.6 is 15.6 Å². The summed E-state index contributed by atoms with van der Waals surface area (Å²) >= 11 is 0. The molecule has 0 amide bonds. The zero-order valence-corrected chi connectivity index (χ0v) is 28.7. The van der Waals surface area contributed by atoms with Crippen LogP contribution in [-0.2, 0) is 41.4 Å². The molecular weight excluding hydrogens is 762 g/mol. The van der Waals surface area contributed by atoms with Crippen molar-refractivity contribution in [1.82, 2.24) is 39.0 Å². The molecule has 2 saturated heterocycles. The third-order valence-corrected chi connectivity index (χ3v) is 9.86. The number of nitrogens with two attached hydrogens (primary N) is 2. The molecule has 10 atom stereocenters. The highest BCUT2D eigenvalue weighted by Crippen LogP contribution is 2.45. The minimum atomic E-state index is -4.73. The molecule has 2 aliphatic rings. The van der Waals surface area contributed by atoms with Gasteiger partial charge < -0.3 is 55.9 Å². The van der Waals surface area contributed by atoms with Gasteiger partial charge in [-0.3, -0.25) is 46.8 Å². The Morgan fingerprint density at radius 3 is 1.47 bits per heavy atom. The SMILES string of the molecule is Nc1nc2c(ncn2[C@@H]2O[C@H](COP(=O)(O)OCCOCCOP(=O)(O)OC[C@@H]3O[C@H](n4cnc5c(=O)[nH]c(N)nc54)[C@H](O)C3O)C(O)[C@@H]2O)c(=O)[nH]1. The Hall–Kier alpha value is -3.76. The Morgan fingerprint density at radius 2 is 1.08 bits per heavy atom. The van der Waals surface area contributed by atoms with E-state index in [2.05, 4.69) is 29.9 Å². The number of nitrogen functional groups attached to an aromatic ring is 2. The van der Waals surface area contributed by atoms with Crippen molar-refractivity contribution in [2.24, 2.45) is 0 Å². The van der Waals surface area contributed by atoms with Crippen molar-refractivity contribution in [2.45, 2.75) is 49.1 Å². The average Bonchev–Trinajstić information content (AvgIpc) is 3.84. The molecule has 29 heteroatoms. The summed E-state index contributed by atoms with van der Waals surface area (Å²) in [5, 5.41) is 41.9. The Labute approximate surface area is 294 Å². The minimum Gasteiger partial charge on any atom is -0.387 e. The molecular formula is C24H34N10O17P2. The van der Waals surface area contributed by atoms with Gasteiger partial charge in [-0.25, -0.2) is 19.1 Å². The molecule has 2 aliphatic heterocycles. The highest BCUT2D eigenvalue weighted by atomic mass is 31.2. The van der Waals surface area contributed by atoms with Crippen molar-refractivity contribution in [3.05, 3.63) is 33.4 Å². The van der Waals surface area contributed by atoms with Gasteiger partial charge in [0.1, 0.15) is 36.6 Å². The average molecular weight is 797 g/mol. The molecule has 0 bridgehead atoms. The van der Waals surface area contributed by atoms with Crippen molar-refractivity contribution in [3.63, 3.8) is 0 Å². The van der Waals surface area contributed by atoms with Gasteiger partial charge in [0.05, 0.1) is 52.3 Å². The number of H-pyrrole nitrogens is 2. The normalized spacial score (nSPS) is 28.5. The van der Waals surface area contributed by atoms with Crippen molar-refractivity contribution >= 4 is 49.9 Å². The van der Waals surface area contributed by atoms with Gasteiger partial charge in [0, 0.05) is 0 Å². The number of ether oxygens (including phenoxy) is 3. The topological polar surface area (TPSA) is 399 Å². The molecule has 12 N–H and O–H groups in total. The van der Waals surface area contributed by atoms with Crippen LogP contribution < -0.4 is 22.6 Å². The molecule has 6 heterocycles. The van der Waals surface area contributed by atoms with E-state index in [4.69, 9.17) is 43.8 Å². The number of phosphoric ester groups is 2. The number of phosphoric acid groups is 2. The molecule has 53 heavy (non-hydrogen) atoms. The van der Waals surface area contributed by atoms with Gasteiger partial charge in [0.15, 0.2) is 34.8 Å². The number of hydrogen-bond donors (Lipinski definition) is 10. The lowest BCUT2D eigenvalue weighted by Gasteiger charge is -2.18. The van der Waals surface area contributed by atoms with Crippen LogP contribution in [0.15, 0.2) is 22.2 Å². The van der Waals surface area contributed by atoms with Crippen LogP contribution in [0, 0.1) is 0 Å². The molecule has 4 aromatic rings. The van der Waals surface area contributed by atoms with E-state index in [1.807, 2.05) is 0 Å². The van der Waals surface area contributed by atoms with Crippen LogP contribution in [0.4, 0.5) is 11.9 Å². The van der Waals surface area contributed by atoms with E-state index in [0.29, 0.717) is 0 Å². The summed E-state index contributed by atoms with van der Waals surface area (Å²) in [6, 6.07) is 0. The second kappa shape index (κ2) is 15.5. The van der Waals surface area contributed by atoms with E-state index in [0.717, 1.165) is 21.8 Å². The lowest BCUT2D eigenvalue weighted by molar-refractivity contribution is -0.0526. The summed E-state index contributed by atoms with van der Waals surface area (Å²) in [5.41, 5.74) is 9.56. The third-order valence-electron chi connectivity index (χ3n) is 7.89. The number of fused-ring (bicyclic) bond motifs is 2.